The number of carbonyl (C=O) groups is 1. The van der Waals surface area contributed by atoms with Crippen LogP contribution in [-0.4, -0.2) is 28.8 Å². The van der Waals surface area contributed by atoms with E-state index in [-0.39, 0.29) is 5.91 Å². The van der Waals surface area contributed by atoms with Gasteiger partial charge in [-0.25, -0.2) is 10.4 Å². The summed E-state index contributed by atoms with van der Waals surface area (Å²) in [5.74, 6) is -0.367. The number of benzene rings is 3. The van der Waals surface area contributed by atoms with Crippen molar-refractivity contribution in [2.45, 2.75) is 6.42 Å². The smallest absolute Gasteiger partial charge is 0.278 e. The van der Waals surface area contributed by atoms with Crippen molar-refractivity contribution >= 4 is 29.5 Å². The van der Waals surface area contributed by atoms with Gasteiger partial charge < -0.3 is 4.98 Å². The van der Waals surface area contributed by atoms with E-state index in [0.29, 0.717) is 17.1 Å². The van der Waals surface area contributed by atoms with Gasteiger partial charge in [0.1, 0.15) is 6.34 Å². The number of aliphatic imine (C=N–C) groups is 1. The molecule has 0 unspecified atom stereocenters. The van der Waals surface area contributed by atoms with E-state index in [1.54, 1.807) is 41.8 Å². The van der Waals surface area contributed by atoms with Gasteiger partial charge in [0.25, 0.3) is 5.91 Å². The van der Waals surface area contributed by atoms with Crippen LogP contribution in [0.2, 0.25) is 5.02 Å². The lowest BCUT2D eigenvalue weighted by molar-refractivity contribution is 0.100. The molecule has 0 saturated heterocycles. The van der Waals surface area contributed by atoms with E-state index >= 15 is 0 Å². The van der Waals surface area contributed by atoms with Gasteiger partial charge in [0.15, 0.2) is 0 Å². The van der Waals surface area contributed by atoms with Gasteiger partial charge in [-0.2, -0.15) is 4.99 Å². The van der Waals surface area contributed by atoms with Crippen molar-refractivity contribution in [1.29, 1.82) is 0 Å². The summed E-state index contributed by atoms with van der Waals surface area (Å²) in [7, 11) is 0. The lowest BCUT2D eigenvalue weighted by atomic mass is 10.1. The van der Waals surface area contributed by atoms with Crippen molar-refractivity contribution in [3.63, 3.8) is 0 Å². The van der Waals surface area contributed by atoms with Crippen LogP contribution in [0.3, 0.4) is 0 Å². The molecule has 4 rings (SSSR count). The Morgan fingerprint density at radius 3 is 2.53 bits per heavy atom. The van der Waals surface area contributed by atoms with Crippen LogP contribution in [0.1, 0.15) is 16.1 Å². The highest BCUT2D eigenvalue weighted by Crippen LogP contribution is 2.22. The van der Waals surface area contributed by atoms with Gasteiger partial charge in [-0.1, -0.05) is 60.1 Å². The molecule has 32 heavy (non-hydrogen) atoms. The van der Waals surface area contributed by atoms with Crippen LogP contribution in [-0.2, 0) is 6.42 Å². The Bertz CT molecular complexity index is 1170. The molecule has 0 aliphatic rings. The lowest BCUT2D eigenvalue weighted by Gasteiger charge is -2.21. The zero-order valence-corrected chi connectivity index (χ0v) is 18.0. The van der Waals surface area contributed by atoms with E-state index in [4.69, 9.17) is 11.6 Å². The zero-order valence-electron chi connectivity index (χ0n) is 17.3. The Labute approximate surface area is 191 Å². The molecule has 1 heterocycles. The standard InChI is InChI=1S/C25H22ClN5O/c26-22-8-4-7-21(15-22)25(32)29-18-31(30-14-13-23-16-27-17-28-23)24-11-9-20(10-12-24)19-5-2-1-3-6-19/h1-12,15-18,30H,13-14H2,(H,27,28). The number of amides is 1. The average Bonchev–Trinajstić information content (AvgIpc) is 3.35. The maximum atomic E-state index is 12.5. The molecule has 6 nitrogen and oxygen atoms in total. The molecule has 2 N–H and O–H groups in total. The van der Waals surface area contributed by atoms with Crippen molar-refractivity contribution in [3.05, 3.63) is 108 Å². The van der Waals surface area contributed by atoms with Gasteiger partial charge in [0, 0.05) is 35.4 Å². The number of H-pyrrole nitrogens is 1. The molecule has 0 bridgehead atoms. The van der Waals surface area contributed by atoms with Crippen molar-refractivity contribution in [2.24, 2.45) is 4.99 Å². The average molecular weight is 444 g/mol. The first-order chi connectivity index (χ1) is 15.7. The van der Waals surface area contributed by atoms with Crippen molar-refractivity contribution in [3.8, 4) is 11.1 Å². The topological polar surface area (TPSA) is 73.4 Å². The summed E-state index contributed by atoms with van der Waals surface area (Å²) in [6, 6.07) is 25.0. The van der Waals surface area contributed by atoms with E-state index in [0.717, 1.165) is 28.9 Å². The summed E-state index contributed by atoms with van der Waals surface area (Å²) in [4.78, 5) is 23.8. The van der Waals surface area contributed by atoms with Crippen LogP contribution < -0.4 is 10.4 Å². The number of aromatic nitrogens is 2. The predicted octanol–water partition coefficient (Wildman–Crippen LogP) is 5.15. The molecule has 160 valence electrons. The molecule has 0 spiro atoms. The highest BCUT2D eigenvalue weighted by atomic mass is 35.5. The first kappa shape index (κ1) is 21.5. The molecule has 1 aromatic heterocycles. The molecule has 3 aromatic carbocycles. The Balaban J connectivity index is 1.51. The third-order valence-corrected chi connectivity index (χ3v) is 5.08. The quantitative estimate of drug-likeness (QED) is 0.224. The van der Waals surface area contributed by atoms with Gasteiger partial charge in [-0.05, 0) is 41.5 Å². The molecule has 0 saturated carbocycles. The highest BCUT2D eigenvalue weighted by molar-refractivity contribution is 6.31. The molecule has 1 amide bonds. The van der Waals surface area contributed by atoms with E-state index in [1.807, 2.05) is 42.5 Å². The van der Waals surface area contributed by atoms with E-state index in [2.05, 4.69) is 32.5 Å². The van der Waals surface area contributed by atoms with Gasteiger partial charge in [0.05, 0.1) is 12.0 Å². The number of imidazole rings is 1. The molecule has 0 aliphatic heterocycles. The van der Waals surface area contributed by atoms with E-state index in [1.165, 1.54) is 6.34 Å². The summed E-state index contributed by atoms with van der Waals surface area (Å²) in [6.45, 7) is 0.625. The minimum Gasteiger partial charge on any atom is -0.348 e. The molecule has 4 aromatic rings. The van der Waals surface area contributed by atoms with Gasteiger partial charge in [-0.3, -0.25) is 9.80 Å². The normalized spacial score (nSPS) is 11.0. The number of hydrazine groups is 1. The summed E-state index contributed by atoms with van der Waals surface area (Å²) < 4.78 is 0. The largest absolute Gasteiger partial charge is 0.348 e. The van der Waals surface area contributed by atoms with Crippen molar-refractivity contribution in [2.75, 3.05) is 11.6 Å². The van der Waals surface area contributed by atoms with Crippen molar-refractivity contribution < 1.29 is 4.79 Å². The summed E-state index contributed by atoms with van der Waals surface area (Å²) in [5, 5.41) is 2.24. The maximum absolute atomic E-state index is 12.5. The number of rotatable bonds is 8. The van der Waals surface area contributed by atoms with Crippen LogP contribution in [0.5, 0.6) is 0 Å². The lowest BCUT2D eigenvalue weighted by Crippen LogP contribution is -2.38. The highest BCUT2D eigenvalue weighted by Gasteiger charge is 2.08. The molecule has 0 atom stereocenters. The number of halogens is 1. The third kappa shape index (κ3) is 5.69. The summed E-state index contributed by atoms with van der Waals surface area (Å²) in [6.07, 6.45) is 5.68. The zero-order chi connectivity index (χ0) is 22.2. The van der Waals surface area contributed by atoms with Crippen molar-refractivity contribution in [1.82, 2.24) is 15.4 Å². The molecule has 0 radical (unpaired) electrons. The van der Waals surface area contributed by atoms with Gasteiger partial charge in [0.2, 0.25) is 0 Å². The van der Waals surface area contributed by atoms with Crippen LogP contribution in [0.15, 0.2) is 96.4 Å². The first-order valence-corrected chi connectivity index (χ1v) is 10.6. The van der Waals surface area contributed by atoms with Gasteiger partial charge in [-0.15, -0.1) is 0 Å². The van der Waals surface area contributed by atoms with Crippen LogP contribution >= 0.6 is 11.6 Å². The third-order valence-electron chi connectivity index (χ3n) is 4.85. The van der Waals surface area contributed by atoms with E-state index in [9.17, 15) is 4.79 Å². The number of aromatic amines is 1. The number of carbonyl (C=O) groups excluding carboxylic acids is 1. The Hall–Kier alpha value is -3.74. The predicted molar refractivity (Wildman–Crippen MR) is 129 cm³/mol. The first-order valence-electron chi connectivity index (χ1n) is 10.2. The van der Waals surface area contributed by atoms with Crippen LogP contribution in [0, 0.1) is 0 Å². The second kappa shape index (κ2) is 10.5. The monoisotopic (exact) mass is 443 g/mol. The fraction of sp³-hybridized carbons (Fsp3) is 0.0800. The number of anilines is 1. The summed E-state index contributed by atoms with van der Waals surface area (Å²) >= 11 is 6.00. The molecule has 0 fully saturated rings. The fourth-order valence-electron chi connectivity index (χ4n) is 3.18. The van der Waals surface area contributed by atoms with Gasteiger partial charge >= 0.3 is 0 Å². The second-order valence-electron chi connectivity index (χ2n) is 7.08. The SMILES string of the molecule is O=C(N=CN(NCCc1cnc[nH]1)c1ccc(-c2ccccc2)cc1)c1cccc(Cl)c1. The second-order valence-corrected chi connectivity index (χ2v) is 7.51. The Morgan fingerprint density at radius 1 is 1.03 bits per heavy atom. The fourth-order valence-corrected chi connectivity index (χ4v) is 3.37. The number of nitrogens with zero attached hydrogens (tertiary/aromatic N) is 3. The number of hydrogen-bond donors (Lipinski definition) is 2. The number of hydrogen-bond acceptors (Lipinski definition) is 3. The molecule has 0 aliphatic carbocycles. The molecular weight excluding hydrogens is 422 g/mol. The maximum Gasteiger partial charge on any atom is 0.278 e. The minimum atomic E-state index is -0.367. The Morgan fingerprint density at radius 2 is 1.81 bits per heavy atom. The van der Waals surface area contributed by atoms with Crippen LogP contribution in [0.25, 0.3) is 11.1 Å². The van der Waals surface area contributed by atoms with E-state index < -0.39 is 0 Å². The summed E-state index contributed by atoms with van der Waals surface area (Å²) in [5.41, 5.74) is 7.87. The Kier molecular flexibility index (Phi) is 7.07. The molecule has 7 heteroatoms. The molecular formula is C25H22ClN5O. The minimum absolute atomic E-state index is 0.367. The number of nitrogens with one attached hydrogen (secondary N) is 2. The van der Waals surface area contributed by atoms with Crippen LogP contribution in [0.4, 0.5) is 5.69 Å².